The largest absolute Gasteiger partial charge is 0.366 e. The van der Waals surface area contributed by atoms with Crippen LogP contribution in [0.15, 0.2) is 0 Å². The van der Waals surface area contributed by atoms with Crippen molar-refractivity contribution in [3.63, 3.8) is 0 Å². The smallest absolute Gasteiger partial charge is 0.248 e. The third-order valence-electron chi connectivity index (χ3n) is 2.10. The number of amides is 1. The standard InChI is InChI=1S/C12H24BrNO2/c1-10(2)14(8-6-7-13)11(15)9-16-12(3,4)5/h10H,6-9H2,1-5H3. The van der Waals surface area contributed by atoms with Gasteiger partial charge in [0, 0.05) is 17.9 Å². The first-order chi connectivity index (χ1) is 7.28. The van der Waals surface area contributed by atoms with Crippen molar-refractivity contribution in [1.29, 1.82) is 0 Å². The molecule has 0 aliphatic heterocycles. The molecular weight excluding hydrogens is 270 g/mol. The Morgan fingerprint density at radius 3 is 2.31 bits per heavy atom. The fourth-order valence-corrected chi connectivity index (χ4v) is 1.51. The van der Waals surface area contributed by atoms with Gasteiger partial charge in [0.15, 0.2) is 0 Å². The lowest BCUT2D eigenvalue weighted by atomic mass is 10.2. The molecule has 16 heavy (non-hydrogen) atoms. The van der Waals surface area contributed by atoms with Crippen LogP contribution in [0.4, 0.5) is 0 Å². The second-order valence-corrected chi connectivity index (χ2v) is 5.92. The number of nitrogens with zero attached hydrogens (tertiary/aromatic N) is 1. The molecule has 96 valence electrons. The van der Waals surface area contributed by atoms with Gasteiger partial charge in [-0.3, -0.25) is 4.79 Å². The number of ether oxygens (including phenoxy) is 1. The van der Waals surface area contributed by atoms with E-state index in [2.05, 4.69) is 15.9 Å². The number of halogens is 1. The summed E-state index contributed by atoms with van der Waals surface area (Å²) in [7, 11) is 0. The molecule has 0 atom stereocenters. The van der Waals surface area contributed by atoms with Crippen molar-refractivity contribution in [1.82, 2.24) is 4.90 Å². The van der Waals surface area contributed by atoms with Gasteiger partial charge in [-0.25, -0.2) is 0 Å². The zero-order valence-electron chi connectivity index (χ0n) is 11.0. The lowest BCUT2D eigenvalue weighted by molar-refractivity contribution is -0.142. The molecule has 0 spiro atoms. The summed E-state index contributed by atoms with van der Waals surface area (Å²) in [5.41, 5.74) is -0.256. The predicted molar refractivity (Wildman–Crippen MR) is 71.0 cm³/mol. The molecule has 0 saturated heterocycles. The number of carbonyl (C=O) groups excluding carboxylic acids is 1. The van der Waals surface area contributed by atoms with Gasteiger partial charge in [-0.15, -0.1) is 0 Å². The summed E-state index contributed by atoms with van der Waals surface area (Å²) in [5.74, 6) is 0.0749. The van der Waals surface area contributed by atoms with Crippen LogP contribution in [-0.2, 0) is 9.53 Å². The van der Waals surface area contributed by atoms with E-state index in [1.807, 2.05) is 39.5 Å². The highest BCUT2D eigenvalue weighted by Gasteiger charge is 2.19. The summed E-state index contributed by atoms with van der Waals surface area (Å²) in [6, 6.07) is 0.232. The number of carbonyl (C=O) groups is 1. The predicted octanol–water partition coefficient (Wildman–Crippen LogP) is 2.82. The monoisotopic (exact) mass is 293 g/mol. The lowest BCUT2D eigenvalue weighted by Crippen LogP contribution is -2.41. The van der Waals surface area contributed by atoms with E-state index in [4.69, 9.17) is 4.74 Å². The fourth-order valence-electron chi connectivity index (χ4n) is 1.26. The maximum Gasteiger partial charge on any atom is 0.248 e. The first-order valence-electron chi connectivity index (χ1n) is 5.77. The Morgan fingerprint density at radius 2 is 1.94 bits per heavy atom. The first-order valence-corrected chi connectivity index (χ1v) is 6.89. The molecule has 0 saturated carbocycles. The van der Waals surface area contributed by atoms with Gasteiger partial charge in [-0.05, 0) is 41.0 Å². The van der Waals surface area contributed by atoms with Crippen molar-refractivity contribution < 1.29 is 9.53 Å². The minimum Gasteiger partial charge on any atom is -0.366 e. The lowest BCUT2D eigenvalue weighted by Gasteiger charge is -2.28. The van der Waals surface area contributed by atoms with Crippen LogP contribution in [0.3, 0.4) is 0 Å². The highest BCUT2D eigenvalue weighted by molar-refractivity contribution is 9.09. The van der Waals surface area contributed by atoms with Crippen molar-refractivity contribution in [2.45, 2.75) is 52.7 Å². The summed E-state index contributed by atoms with van der Waals surface area (Å²) < 4.78 is 5.50. The van der Waals surface area contributed by atoms with Crippen LogP contribution in [-0.4, -0.2) is 40.9 Å². The Labute approximate surface area is 108 Å². The highest BCUT2D eigenvalue weighted by Crippen LogP contribution is 2.08. The van der Waals surface area contributed by atoms with Crippen LogP contribution >= 0.6 is 15.9 Å². The summed E-state index contributed by atoms with van der Waals surface area (Å²) in [5, 5.41) is 0.920. The van der Waals surface area contributed by atoms with E-state index < -0.39 is 0 Å². The van der Waals surface area contributed by atoms with Crippen LogP contribution in [0.2, 0.25) is 0 Å². The van der Waals surface area contributed by atoms with Crippen molar-refractivity contribution in [2.24, 2.45) is 0 Å². The third kappa shape index (κ3) is 7.23. The molecular formula is C12H24BrNO2. The van der Waals surface area contributed by atoms with Crippen molar-refractivity contribution in [3.8, 4) is 0 Å². The highest BCUT2D eigenvalue weighted by atomic mass is 79.9. The van der Waals surface area contributed by atoms with Gasteiger partial charge in [-0.1, -0.05) is 15.9 Å². The normalized spacial score (nSPS) is 11.9. The molecule has 0 radical (unpaired) electrons. The van der Waals surface area contributed by atoms with E-state index in [0.717, 1.165) is 18.3 Å². The van der Waals surface area contributed by atoms with Gasteiger partial charge in [-0.2, -0.15) is 0 Å². The van der Waals surface area contributed by atoms with Gasteiger partial charge >= 0.3 is 0 Å². The quantitative estimate of drug-likeness (QED) is 0.705. The Balaban J connectivity index is 4.17. The molecule has 0 unspecified atom stereocenters. The zero-order chi connectivity index (χ0) is 12.8. The summed E-state index contributed by atoms with van der Waals surface area (Å²) in [6.07, 6.45) is 0.972. The van der Waals surface area contributed by atoms with Crippen LogP contribution in [0.1, 0.15) is 41.0 Å². The minimum absolute atomic E-state index is 0.0749. The van der Waals surface area contributed by atoms with Gasteiger partial charge in [0.2, 0.25) is 5.91 Å². The van der Waals surface area contributed by atoms with E-state index in [9.17, 15) is 4.79 Å². The van der Waals surface area contributed by atoms with Gasteiger partial charge in [0.05, 0.1) is 5.60 Å². The molecule has 0 N–H and O–H groups in total. The van der Waals surface area contributed by atoms with E-state index in [0.29, 0.717) is 0 Å². The van der Waals surface area contributed by atoms with Crippen LogP contribution in [0.5, 0.6) is 0 Å². The van der Waals surface area contributed by atoms with E-state index in [1.165, 1.54) is 0 Å². The average molecular weight is 294 g/mol. The fraction of sp³-hybridized carbons (Fsp3) is 0.917. The van der Waals surface area contributed by atoms with Crippen molar-refractivity contribution in [2.75, 3.05) is 18.5 Å². The molecule has 4 heteroatoms. The minimum atomic E-state index is -0.256. The molecule has 0 heterocycles. The number of alkyl halides is 1. The molecule has 3 nitrogen and oxygen atoms in total. The van der Waals surface area contributed by atoms with E-state index in [-0.39, 0.29) is 24.2 Å². The van der Waals surface area contributed by atoms with Crippen molar-refractivity contribution >= 4 is 21.8 Å². The van der Waals surface area contributed by atoms with Gasteiger partial charge < -0.3 is 9.64 Å². The van der Waals surface area contributed by atoms with Crippen LogP contribution in [0.25, 0.3) is 0 Å². The summed E-state index contributed by atoms with van der Waals surface area (Å²) >= 11 is 3.38. The molecule has 1 amide bonds. The Kier molecular flexibility index (Phi) is 7.24. The maximum absolute atomic E-state index is 11.9. The third-order valence-corrected chi connectivity index (χ3v) is 2.67. The van der Waals surface area contributed by atoms with Crippen LogP contribution in [0, 0.1) is 0 Å². The average Bonchev–Trinajstić information content (AvgIpc) is 2.13. The molecule has 0 aromatic rings. The topological polar surface area (TPSA) is 29.5 Å². The molecule has 0 bridgehead atoms. The molecule has 0 aromatic heterocycles. The molecule has 0 aliphatic rings. The van der Waals surface area contributed by atoms with Crippen LogP contribution < -0.4 is 0 Å². The first kappa shape index (κ1) is 15.9. The number of rotatable bonds is 6. The summed E-state index contributed by atoms with van der Waals surface area (Å²) in [4.78, 5) is 13.8. The zero-order valence-corrected chi connectivity index (χ0v) is 12.6. The van der Waals surface area contributed by atoms with Gasteiger partial charge in [0.1, 0.15) is 6.61 Å². The Hall–Kier alpha value is -0.0900. The number of hydrogen-bond acceptors (Lipinski definition) is 2. The van der Waals surface area contributed by atoms with Crippen molar-refractivity contribution in [3.05, 3.63) is 0 Å². The SMILES string of the molecule is CC(C)N(CCCBr)C(=O)COC(C)(C)C. The second-order valence-electron chi connectivity index (χ2n) is 5.12. The summed E-state index contributed by atoms with van der Waals surface area (Å²) in [6.45, 7) is 10.9. The maximum atomic E-state index is 11.9. The van der Waals surface area contributed by atoms with Gasteiger partial charge in [0.25, 0.3) is 0 Å². The molecule has 0 rings (SSSR count). The Bertz CT molecular complexity index is 212. The number of hydrogen-bond donors (Lipinski definition) is 0. The molecule has 0 aliphatic carbocycles. The Morgan fingerprint density at radius 1 is 1.38 bits per heavy atom. The van der Waals surface area contributed by atoms with E-state index >= 15 is 0 Å². The second kappa shape index (κ2) is 7.28. The molecule has 0 fully saturated rings. The molecule has 0 aromatic carbocycles. The van der Waals surface area contributed by atoms with E-state index in [1.54, 1.807) is 0 Å².